The van der Waals surface area contributed by atoms with Gasteiger partial charge >= 0.3 is 0 Å². The molecule has 0 radical (unpaired) electrons. The van der Waals surface area contributed by atoms with Crippen molar-refractivity contribution < 1.29 is 5.11 Å². The zero-order chi connectivity index (χ0) is 9.80. The van der Waals surface area contributed by atoms with Crippen molar-refractivity contribution in [2.24, 2.45) is 10.2 Å². The Kier molecular flexibility index (Phi) is 2.51. The minimum absolute atomic E-state index is 0.118. The SMILES string of the molecule is Oc1ccccc1/N=N/c1nccs1. The molecule has 70 valence electrons. The Morgan fingerprint density at radius 1 is 1.21 bits per heavy atom. The fraction of sp³-hybridized carbons (Fsp3) is 0. The van der Waals surface area contributed by atoms with E-state index < -0.39 is 0 Å². The highest BCUT2D eigenvalue weighted by molar-refractivity contribution is 7.13. The third kappa shape index (κ3) is 1.94. The van der Waals surface area contributed by atoms with Crippen LogP contribution in [0.1, 0.15) is 0 Å². The number of rotatable bonds is 2. The molecule has 0 aliphatic rings. The first-order valence-corrected chi connectivity index (χ1v) is 4.83. The van der Waals surface area contributed by atoms with Crippen LogP contribution in [0, 0.1) is 0 Å². The van der Waals surface area contributed by atoms with Gasteiger partial charge in [0.05, 0.1) is 0 Å². The van der Waals surface area contributed by atoms with Crippen molar-refractivity contribution in [2.75, 3.05) is 0 Å². The van der Waals surface area contributed by atoms with E-state index in [9.17, 15) is 5.11 Å². The molecule has 2 aromatic rings. The zero-order valence-corrected chi connectivity index (χ0v) is 7.98. The second-order valence-corrected chi connectivity index (χ2v) is 3.38. The molecule has 1 heterocycles. The molecule has 5 heteroatoms. The molecule has 0 aliphatic carbocycles. The van der Waals surface area contributed by atoms with E-state index in [1.807, 2.05) is 5.38 Å². The lowest BCUT2D eigenvalue weighted by Crippen LogP contribution is -1.65. The zero-order valence-electron chi connectivity index (χ0n) is 7.16. The Balaban J connectivity index is 2.23. The summed E-state index contributed by atoms with van der Waals surface area (Å²) in [4.78, 5) is 3.94. The number of azo groups is 1. The highest BCUT2D eigenvalue weighted by Crippen LogP contribution is 2.27. The van der Waals surface area contributed by atoms with E-state index in [4.69, 9.17) is 0 Å². The fourth-order valence-electron chi connectivity index (χ4n) is 0.911. The van der Waals surface area contributed by atoms with Gasteiger partial charge in [0.2, 0.25) is 5.13 Å². The van der Waals surface area contributed by atoms with Gasteiger partial charge in [-0.05, 0) is 12.1 Å². The number of aromatic hydroxyl groups is 1. The van der Waals surface area contributed by atoms with E-state index in [1.165, 1.54) is 11.3 Å². The lowest BCUT2D eigenvalue weighted by molar-refractivity contribution is 0.476. The molecule has 14 heavy (non-hydrogen) atoms. The highest BCUT2D eigenvalue weighted by Gasteiger charge is 1.96. The third-order valence-corrected chi connectivity index (χ3v) is 2.20. The van der Waals surface area contributed by atoms with Crippen molar-refractivity contribution in [3.05, 3.63) is 35.8 Å². The van der Waals surface area contributed by atoms with Crippen LogP contribution >= 0.6 is 11.3 Å². The van der Waals surface area contributed by atoms with Crippen LogP contribution in [-0.4, -0.2) is 10.1 Å². The van der Waals surface area contributed by atoms with Crippen LogP contribution in [-0.2, 0) is 0 Å². The first-order valence-electron chi connectivity index (χ1n) is 3.95. The van der Waals surface area contributed by atoms with Gasteiger partial charge < -0.3 is 5.11 Å². The average molecular weight is 205 g/mol. The minimum Gasteiger partial charge on any atom is -0.506 e. The molecular weight excluding hydrogens is 198 g/mol. The largest absolute Gasteiger partial charge is 0.506 e. The van der Waals surface area contributed by atoms with Gasteiger partial charge in [-0.25, -0.2) is 4.98 Å². The summed E-state index contributed by atoms with van der Waals surface area (Å²) >= 11 is 1.39. The van der Waals surface area contributed by atoms with Crippen LogP contribution in [0.2, 0.25) is 0 Å². The van der Waals surface area contributed by atoms with E-state index in [0.29, 0.717) is 10.8 Å². The molecule has 1 aromatic carbocycles. The summed E-state index contributed by atoms with van der Waals surface area (Å²) in [5.74, 6) is 0.118. The molecule has 0 fully saturated rings. The van der Waals surface area contributed by atoms with E-state index in [-0.39, 0.29) is 5.75 Å². The smallest absolute Gasteiger partial charge is 0.229 e. The van der Waals surface area contributed by atoms with Crippen LogP contribution < -0.4 is 0 Å². The van der Waals surface area contributed by atoms with Crippen LogP contribution in [0.4, 0.5) is 10.8 Å². The number of benzene rings is 1. The average Bonchev–Trinajstić information content (AvgIpc) is 2.69. The Hall–Kier alpha value is -1.75. The number of para-hydroxylation sites is 1. The Morgan fingerprint density at radius 2 is 2.07 bits per heavy atom. The molecule has 0 spiro atoms. The second kappa shape index (κ2) is 3.97. The van der Waals surface area contributed by atoms with Crippen molar-refractivity contribution in [2.45, 2.75) is 0 Å². The van der Waals surface area contributed by atoms with E-state index in [0.717, 1.165) is 0 Å². The van der Waals surface area contributed by atoms with Gasteiger partial charge in [0.25, 0.3) is 0 Å². The van der Waals surface area contributed by atoms with Gasteiger partial charge in [-0.1, -0.05) is 12.1 Å². The second-order valence-electron chi connectivity index (χ2n) is 2.50. The molecule has 0 atom stereocenters. The first-order chi connectivity index (χ1) is 6.86. The van der Waals surface area contributed by atoms with E-state index in [2.05, 4.69) is 15.2 Å². The topological polar surface area (TPSA) is 57.8 Å². The number of phenols is 1. The van der Waals surface area contributed by atoms with Gasteiger partial charge in [-0.15, -0.1) is 21.6 Å². The summed E-state index contributed by atoms with van der Waals surface area (Å²) in [7, 11) is 0. The minimum atomic E-state index is 0.118. The summed E-state index contributed by atoms with van der Waals surface area (Å²) in [6.07, 6.45) is 1.66. The van der Waals surface area contributed by atoms with Gasteiger partial charge in [0.1, 0.15) is 11.4 Å². The molecule has 1 aromatic heterocycles. The number of aromatic nitrogens is 1. The Morgan fingerprint density at radius 3 is 2.79 bits per heavy atom. The Bertz CT molecular complexity index is 439. The molecule has 0 amide bonds. The van der Waals surface area contributed by atoms with Gasteiger partial charge in [0, 0.05) is 11.6 Å². The summed E-state index contributed by atoms with van der Waals surface area (Å²) < 4.78 is 0. The van der Waals surface area contributed by atoms with Crippen LogP contribution in [0.25, 0.3) is 0 Å². The van der Waals surface area contributed by atoms with Crippen molar-refractivity contribution in [3.8, 4) is 5.75 Å². The number of hydrogen-bond acceptors (Lipinski definition) is 5. The number of hydrogen-bond donors (Lipinski definition) is 1. The highest BCUT2D eigenvalue weighted by atomic mass is 32.1. The maximum absolute atomic E-state index is 9.37. The lowest BCUT2D eigenvalue weighted by Gasteiger charge is -1.93. The molecule has 0 unspecified atom stereocenters. The first kappa shape index (κ1) is 8.83. The molecule has 1 N–H and O–H groups in total. The maximum atomic E-state index is 9.37. The molecule has 2 rings (SSSR count). The molecule has 0 aliphatic heterocycles. The van der Waals surface area contributed by atoms with E-state index >= 15 is 0 Å². The van der Waals surface area contributed by atoms with Crippen LogP contribution in [0.5, 0.6) is 5.75 Å². The van der Waals surface area contributed by atoms with Gasteiger partial charge in [-0.2, -0.15) is 0 Å². The third-order valence-electron chi connectivity index (χ3n) is 1.54. The number of thiazole rings is 1. The van der Waals surface area contributed by atoms with Crippen molar-refractivity contribution >= 4 is 22.2 Å². The molecular formula is C9H7N3OS. The summed E-state index contributed by atoms with van der Waals surface area (Å²) in [5.41, 5.74) is 0.447. The monoisotopic (exact) mass is 205 g/mol. The van der Waals surface area contributed by atoms with E-state index in [1.54, 1.807) is 30.5 Å². The van der Waals surface area contributed by atoms with Crippen LogP contribution in [0.3, 0.4) is 0 Å². The van der Waals surface area contributed by atoms with Crippen molar-refractivity contribution in [1.82, 2.24) is 4.98 Å². The predicted octanol–water partition coefficient (Wildman–Crippen LogP) is 3.26. The number of phenolic OH excluding ortho intramolecular Hbond substituents is 1. The Labute approximate surface area is 84.6 Å². The summed E-state index contributed by atoms with van der Waals surface area (Å²) in [5, 5.41) is 19.5. The number of nitrogens with zero attached hydrogens (tertiary/aromatic N) is 3. The predicted molar refractivity (Wildman–Crippen MR) is 54.4 cm³/mol. The quantitative estimate of drug-likeness (QED) is 0.765. The standard InChI is InChI=1S/C9H7N3OS/c13-8-4-2-1-3-7(8)11-12-9-10-5-6-14-9/h1-6,13H/b12-11+. The normalized spacial score (nSPS) is 10.9. The molecule has 0 saturated carbocycles. The van der Waals surface area contributed by atoms with Crippen molar-refractivity contribution in [3.63, 3.8) is 0 Å². The fourth-order valence-corrected chi connectivity index (χ4v) is 1.36. The van der Waals surface area contributed by atoms with Crippen molar-refractivity contribution in [1.29, 1.82) is 0 Å². The van der Waals surface area contributed by atoms with Gasteiger partial charge in [-0.3, -0.25) is 0 Å². The molecule has 0 saturated heterocycles. The van der Waals surface area contributed by atoms with Crippen LogP contribution in [0.15, 0.2) is 46.1 Å². The van der Waals surface area contributed by atoms with Gasteiger partial charge in [0.15, 0.2) is 0 Å². The maximum Gasteiger partial charge on any atom is 0.229 e. The lowest BCUT2D eigenvalue weighted by atomic mass is 10.3. The molecule has 4 nitrogen and oxygen atoms in total. The summed E-state index contributed by atoms with van der Waals surface area (Å²) in [6.45, 7) is 0. The summed E-state index contributed by atoms with van der Waals surface area (Å²) in [6, 6.07) is 6.77. The molecule has 0 bridgehead atoms.